The molecule has 0 spiro atoms. The van der Waals surface area contributed by atoms with Crippen molar-refractivity contribution in [2.24, 2.45) is 5.92 Å². The number of ketones is 2. The van der Waals surface area contributed by atoms with Crippen molar-refractivity contribution >= 4 is 35.7 Å². The third-order valence-electron chi connectivity index (χ3n) is 11.0. The van der Waals surface area contributed by atoms with Crippen LogP contribution in [0.2, 0.25) is 0 Å². The number of hydrogen-bond acceptors (Lipinski definition) is 9. The molecule has 0 unspecified atom stereocenters. The zero-order valence-corrected chi connectivity index (χ0v) is 30.2. The number of benzene rings is 3. The molecular weight excluding hydrogens is 692 g/mol. The standard InChI is InChI=1S/C42H46N2O10/c45-36(25-42(39(48)49)22-8-24-44(42)41(51)54-27-30-11-5-2-6-12-30)33-18-14-31(15-19-33)32-16-20-34(21-17-32)37(46)28-52-38(47)35-13-7-23-43(35)40(50)53-26-29-9-3-1-4-10-29/h1-6,9-12,14-15,18-19,32,34-35H,7-8,13,16-17,20-28H2,(H,48,49)/t32?,34?,35-,42-/m0/s1. The smallest absolute Gasteiger partial charge is 0.411 e. The number of aliphatic carboxylic acids is 1. The van der Waals surface area contributed by atoms with Crippen LogP contribution < -0.4 is 0 Å². The molecule has 1 aliphatic carbocycles. The van der Waals surface area contributed by atoms with Crippen LogP contribution in [-0.4, -0.2) is 81.9 Å². The minimum Gasteiger partial charge on any atom is -0.479 e. The van der Waals surface area contributed by atoms with Crippen LogP contribution in [0.15, 0.2) is 84.9 Å². The van der Waals surface area contributed by atoms with E-state index in [0.717, 1.165) is 29.5 Å². The van der Waals surface area contributed by atoms with Crippen molar-refractivity contribution in [3.05, 3.63) is 107 Å². The van der Waals surface area contributed by atoms with E-state index in [-0.39, 0.29) is 62.6 Å². The Morgan fingerprint density at radius 2 is 1.30 bits per heavy atom. The fourth-order valence-electron chi connectivity index (χ4n) is 7.87. The molecule has 0 radical (unpaired) electrons. The zero-order chi connectivity index (χ0) is 38.1. The van der Waals surface area contributed by atoms with E-state index in [4.69, 9.17) is 14.2 Å². The number of carbonyl (C=O) groups is 6. The Morgan fingerprint density at radius 1 is 0.685 bits per heavy atom. The van der Waals surface area contributed by atoms with Gasteiger partial charge in [-0.05, 0) is 74.0 Å². The number of esters is 1. The second-order valence-corrected chi connectivity index (χ2v) is 14.4. The number of carboxylic acids is 1. The molecule has 3 fully saturated rings. The highest BCUT2D eigenvalue weighted by Gasteiger charge is 2.52. The summed E-state index contributed by atoms with van der Waals surface area (Å²) in [5.74, 6) is -2.42. The molecular formula is C42H46N2O10. The molecule has 2 atom stereocenters. The quantitative estimate of drug-likeness (QED) is 0.114. The van der Waals surface area contributed by atoms with Gasteiger partial charge in [-0.3, -0.25) is 19.4 Å². The summed E-state index contributed by atoms with van der Waals surface area (Å²) in [6.07, 6.45) is 2.71. The number of hydrogen-bond donors (Lipinski definition) is 1. The molecule has 2 amide bonds. The SMILES string of the molecule is O=C(C[C@]1(C(=O)O)CCCN1C(=O)OCc1ccccc1)c1ccc(C2CCC(C(=O)COC(=O)[C@@H]3CCCN3C(=O)OCc3ccccc3)CC2)cc1. The van der Waals surface area contributed by atoms with Crippen LogP contribution in [0.1, 0.15) is 90.8 Å². The molecule has 0 bridgehead atoms. The van der Waals surface area contributed by atoms with Gasteiger partial charge in [0.05, 0.1) is 0 Å². The molecule has 2 aliphatic heterocycles. The molecule has 12 heteroatoms. The third-order valence-corrected chi connectivity index (χ3v) is 11.0. The largest absolute Gasteiger partial charge is 0.479 e. The lowest BCUT2D eigenvalue weighted by atomic mass is 9.77. The van der Waals surface area contributed by atoms with E-state index in [1.54, 1.807) is 24.3 Å². The zero-order valence-electron chi connectivity index (χ0n) is 30.2. The Kier molecular flexibility index (Phi) is 12.4. The summed E-state index contributed by atoms with van der Waals surface area (Å²) in [7, 11) is 0. The molecule has 54 heavy (non-hydrogen) atoms. The van der Waals surface area contributed by atoms with Crippen LogP contribution in [0, 0.1) is 5.92 Å². The number of rotatable bonds is 13. The van der Waals surface area contributed by atoms with Gasteiger partial charge in [-0.25, -0.2) is 19.2 Å². The number of nitrogens with zero attached hydrogens (tertiary/aromatic N) is 2. The van der Waals surface area contributed by atoms with Crippen molar-refractivity contribution in [2.45, 2.75) is 88.5 Å². The predicted molar refractivity (Wildman–Crippen MR) is 195 cm³/mol. The molecule has 6 rings (SSSR count). The Labute approximate surface area is 314 Å². The minimum absolute atomic E-state index is 0.000337. The first-order valence-corrected chi connectivity index (χ1v) is 18.7. The van der Waals surface area contributed by atoms with Crippen molar-refractivity contribution in [1.82, 2.24) is 9.80 Å². The van der Waals surface area contributed by atoms with Crippen LogP contribution in [-0.2, 0) is 41.8 Å². The Hall–Kier alpha value is -5.52. The van der Waals surface area contributed by atoms with Crippen LogP contribution in [0.4, 0.5) is 9.59 Å². The van der Waals surface area contributed by atoms with Crippen LogP contribution in [0.3, 0.4) is 0 Å². The van der Waals surface area contributed by atoms with Gasteiger partial charge in [-0.15, -0.1) is 0 Å². The van der Waals surface area contributed by atoms with E-state index >= 15 is 0 Å². The van der Waals surface area contributed by atoms with Gasteiger partial charge in [-0.1, -0.05) is 84.9 Å². The lowest BCUT2D eigenvalue weighted by Gasteiger charge is -2.33. The molecule has 1 N–H and O–H groups in total. The fourth-order valence-corrected chi connectivity index (χ4v) is 7.87. The Bertz CT molecular complexity index is 1810. The molecule has 2 saturated heterocycles. The average Bonchev–Trinajstić information content (AvgIpc) is 3.88. The van der Waals surface area contributed by atoms with Crippen molar-refractivity contribution in [3.63, 3.8) is 0 Å². The van der Waals surface area contributed by atoms with E-state index in [1.807, 2.05) is 60.7 Å². The first-order valence-electron chi connectivity index (χ1n) is 18.7. The Balaban J connectivity index is 0.957. The summed E-state index contributed by atoms with van der Waals surface area (Å²) >= 11 is 0. The maximum atomic E-state index is 13.5. The predicted octanol–water partition coefficient (Wildman–Crippen LogP) is 6.70. The molecule has 0 aromatic heterocycles. The van der Waals surface area contributed by atoms with Gasteiger partial charge in [-0.2, -0.15) is 0 Å². The van der Waals surface area contributed by atoms with E-state index in [1.165, 1.54) is 9.80 Å². The maximum Gasteiger partial charge on any atom is 0.411 e. The maximum absolute atomic E-state index is 13.5. The second-order valence-electron chi connectivity index (χ2n) is 14.4. The van der Waals surface area contributed by atoms with Crippen LogP contribution in [0.25, 0.3) is 0 Å². The van der Waals surface area contributed by atoms with E-state index < -0.39 is 35.7 Å². The van der Waals surface area contributed by atoms with E-state index in [2.05, 4.69) is 0 Å². The van der Waals surface area contributed by atoms with Crippen LogP contribution >= 0.6 is 0 Å². The highest BCUT2D eigenvalue weighted by Crippen LogP contribution is 2.38. The molecule has 1 saturated carbocycles. The number of amides is 2. The molecule has 3 aromatic carbocycles. The molecule has 3 aromatic rings. The van der Waals surface area contributed by atoms with Gasteiger partial charge in [0.1, 0.15) is 25.9 Å². The monoisotopic (exact) mass is 738 g/mol. The van der Waals surface area contributed by atoms with Crippen molar-refractivity contribution < 1.29 is 48.1 Å². The summed E-state index contributed by atoms with van der Waals surface area (Å²) in [5, 5.41) is 10.3. The summed E-state index contributed by atoms with van der Waals surface area (Å²) in [6, 6.07) is 24.7. The second kappa shape index (κ2) is 17.5. The molecule has 3 aliphatic rings. The summed E-state index contributed by atoms with van der Waals surface area (Å²) in [4.78, 5) is 80.2. The summed E-state index contributed by atoms with van der Waals surface area (Å²) in [5.41, 5.74) is 1.31. The number of likely N-dealkylation sites (tertiary alicyclic amines) is 2. The Morgan fingerprint density at radius 3 is 1.91 bits per heavy atom. The summed E-state index contributed by atoms with van der Waals surface area (Å²) in [6.45, 7) is 0.330. The number of carbonyl (C=O) groups excluding carboxylic acids is 5. The van der Waals surface area contributed by atoms with Gasteiger partial charge in [0.2, 0.25) is 0 Å². The fraction of sp³-hybridized carbons (Fsp3) is 0.429. The van der Waals surface area contributed by atoms with Gasteiger partial charge in [0, 0.05) is 31.0 Å². The number of Topliss-reactive ketones (excluding diaryl/α,β-unsaturated/α-hetero) is 2. The van der Waals surface area contributed by atoms with Gasteiger partial charge in [0.15, 0.2) is 17.1 Å². The van der Waals surface area contributed by atoms with Crippen molar-refractivity contribution in [3.8, 4) is 0 Å². The number of carboxylic acid groups (broad SMARTS) is 1. The van der Waals surface area contributed by atoms with E-state index in [0.29, 0.717) is 44.2 Å². The summed E-state index contributed by atoms with van der Waals surface area (Å²) < 4.78 is 16.3. The lowest BCUT2D eigenvalue weighted by molar-refractivity contribution is -0.153. The average molecular weight is 739 g/mol. The first kappa shape index (κ1) is 38.2. The third kappa shape index (κ3) is 8.98. The van der Waals surface area contributed by atoms with Crippen molar-refractivity contribution in [1.29, 1.82) is 0 Å². The highest BCUT2D eigenvalue weighted by atomic mass is 16.6. The van der Waals surface area contributed by atoms with Crippen LogP contribution in [0.5, 0.6) is 0 Å². The normalized spacial score (nSPS) is 22.3. The van der Waals surface area contributed by atoms with Crippen molar-refractivity contribution in [2.75, 3.05) is 19.7 Å². The molecule has 284 valence electrons. The molecule has 12 nitrogen and oxygen atoms in total. The van der Waals surface area contributed by atoms with Gasteiger partial charge in [0.25, 0.3) is 0 Å². The molecule has 2 heterocycles. The van der Waals surface area contributed by atoms with Gasteiger partial charge >= 0.3 is 24.1 Å². The lowest BCUT2D eigenvalue weighted by Crippen LogP contribution is -2.54. The topological polar surface area (TPSA) is 157 Å². The van der Waals surface area contributed by atoms with E-state index in [9.17, 15) is 33.9 Å². The first-order chi connectivity index (χ1) is 26.1. The number of ether oxygens (including phenoxy) is 3. The van der Waals surface area contributed by atoms with Gasteiger partial charge < -0.3 is 19.3 Å². The minimum atomic E-state index is -1.69. The highest BCUT2D eigenvalue weighted by molar-refractivity contribution is 6.01.